The SMILES string of the molecule is Cc1cc(C)nc(NNC(=S)NCc2ccco2)n1. The lowest BCUT2D eigenvalue weighted by Gasteiger charge is -2.11. The van der Waals surface area contributed by atoms with E-state index >= 15 is 0 Å². The van der Waals surface area contributed by atoms with E-state index in [1.807, 2.05) is 32.0 Å². The summed E-state index contributed by atoms with van der Waals surface area (Å²) in [7, 11) is 0. The first-order valence-corrected chi connectivity index (χ1v) is 6.19. The quantitative estimate of drug-likeness (QED) is 0.580. The molecule has 0 saturated heterocycles. The van der Waals surface area contributed by atoms with E-state index in [0.29, 0.717) is 17.6 Å². The number of aromatic nitrogens is 2. The van der Waals surface area contributed by atoms with Crippen LogP contribution in [0.3, 0.4) is 0 Å². The Morgan fingerprint density at radius 3 is 2.68 bits per heavy atom. The molecule has 3 N–H and O–H groups in total. The van der Waals surface area contributed by atoms with E-state index in [1.165, 1.54) is 0 Å². The molecule has 6 nitrogen and oxygen atoms in total. The van der Waals surface area contributed by atoms with Gasteiger partial charge < -0.3 is 9.73 Å². The minimum absolute atomic E-state index is 0.444. The fourth-order valence-corrected chi connectivity index (χ4v) is 1.64. The molecule has 19 heavy (non-hydrogen) atoms. The van der Waals surface area contributed by atoms with Crippen LogP contribution in [0.4, 0.5) is 5.95 Å². The summed E-state index contributed by atoms with van der Waals surface area (Å²) < 4.78 is 5.18. The van der Waals surface area contributed by atoms with Crippen LogP contribution in [0.15, 0.2) is 28.9 Å². The Bertz CT molecular complexity index is 535. The van der Waals surface area contributed by atoms with Crippen molar-refractivity contribution in [2.24, 2.45) is 0 Å². The highest BCUT2D eigenvalue weighted by Crippen LogP contribution is 2.02. The van der Waals surface area contributed by atoms with Gasteiger partial charge in [0.05, 0.1) is 12.8 Å². The molecule has 7 heteroatoms. The Kier molecular flexibility index (Phi) is 4.30. The molecule has 0 unspecified atom stereocenters. The third kappa shape index (κ3) is 4.22. The fourth-order valence-electron chi connectivity index (χ4n) is 1.52. The number of nitrogens with one attached hydrogen (secondary N) is 3. The van der Waals surface area contributed by atoms with Crippen LogP contribution in [0.2, 0.25) is 0 Å². The molecule has 2 rings (SSSR count). The highest BCUT2D eigenvalue weighted by Gasteiger charge is 2.01. The van der Waals surface area contributed by atoms with Crippen molar-refractivity contribution in [3.63, 3.8) is 0 Å². The molecule has 0 spiro atoms. The van der Waals surface area contributed by atoms with Gasteiger partial charge in [0.15, 0.2) is 5.11 Å². The molecule has 0 fully saturated rings. The van der Waals surface area contributed by atoms with Crippen LogP contribution in [0.5, 0.6) is 0 Å². The molecule has 0 bridgehead atoms. The van der Waals surface area contributed by atoms with E-state index in [0.717, 1.165) is 17.1 Å². The number of anilines is 1. The lowest BCUT2D eigenvalue weighted by Crippen LogP contribution is -2.38. The lowest BCUT2D eigenvalue weighted by molar-refractivity contribution is 0.503. The summed E-state index contributed by atoms with van der Waals surface area (Å²) in [5.74, 6) is 1.30. The zero-order chi connectivity index (χ0) is 13.7. The minimum atomic E-state index is 0.444. The van der Waals surface area contributed by atoms with E-state index < -0.39 is 0 Å². The molecule has 2 aromatic rings. The van der Waals surface area contributed by atoms with Crippen molar-refractivity contribution in [1.82, 2.24) is 20.7 Å². The number of thiocarbonyl (C=S) groups is 1. The summed E-state index contributed by atoms with van der Waals surface area (Å²) in [6.45, 7) is 4.34. The normalized spacial score (nSPS) is 10.0. The van der Waals surface area contributed by atoms with Crippen LogP contribution in [-0.4, -0.2) is 15.1 Å². The molecule has 2 heterocycles. The van der Waals surface area contributed by atoms with Crippen molar-refractivity contribution in [1.29, 1.82) is 0 Å². The maximum Gasteiger partial charge on any atom is 0.242 e. The maximum atomic E-state index is 5.18. The predicted octanol–water partition coefficient (Wildman–Crippen LogP) is 1.68. The Hall–Kier alpha value is -2.15. The summed E-state index contributed by atoms with van der Waals surface area (Å²) in [4.78, 5) is 8.45. The smallest absolute Gasteiger partial charge is 0.242 e. The Balaban J connectivity index is 1.79. The fraction of sp³-hybridized carbons (Fsp3) is 0.250. The number of furan rings is 1. The number of rotatable bonds is 4. The molecule has 0 radical (unpaired) electrons. The molecular weight excluding hydrogens is 262 g/mol. The molecular formula is C12H15N5OS. The van der Waals surface area contributed by atoms with E-state index in [1.54, 1.807) is 6.26 Å². The van der Waals surface area contributed by atoms with Crippen molar-refractivity contribution >= 4 is 23.3 Å². The summed E-state index contributed by atoms with van der Waals surface area (Å²) in [5, 5.41) is 3.44. The number of nitrogens with zero attached hydrogens (tertiary/aromatic N) is 2. The van der Waals surface area contributed by atoms with Crippen molar-refractivity contribution < 1.29 is 4.42 Å². The van der Waals surface area contributed by atoms with Gasteiger partial charge in [-0.15, -0.1) is 0 Å². The second-order valence-electron chi connectivity index (χ2n) is 3.99. The molecule has 0 aromatic carbocycles. The van der Waals surface area contributed by atoms with Crippen molar-refractivity contribution in [2.75, 3.05) is 5.43 Å². The Morgan fingerprint density at radius 2 is 2.05 bits per heavy atom. The summed E-state index contributed by atoms with van der Waals surface area (Å²) in [6.07, 6.45) is 1.62. The van der Waals surface area contributed by atoms with Crippen LogP contribution in [0.1, 0.15) is 17.1 Å². The molecule has 0 amide bonds. The summed E-state index contributed by atoms with van der Waals surface area (Å²) in [5.41, 5.74) is 7.46. The number of hydrogen-bond donors (Lipinski definition) is 3. The van der Waals surface area contributed by atoms with Gasteiger partial charge in [-0.2, -0.15) is 0 Å². The number of hydrazine groups is 1. The first-order chi connectivity index (χ1) is 9.13. The third-order valence-corrected chi connectivity index (χ3v) is 2.52. The molecule has 0 saturated carbocycles. The maximum absolute atomic E-state index is 5.18. The van der Waals surface area contributed by atoms with Gasteiger partial charge in [-0.3, -0.25) is 10.9 Å². The van der Waals surface area contributed by atoms with E-state index in [2.05, 4.69) is 26.1 Å². The Labute approximate surface area is 116 Å². The van der Waals surface area contributed by atoms with Crippen LogP contribution >= 0.6 is 12.2 Å². The second-order valence-corrected chi connectivity index (χ2v) is 4.39. The standard InChI is InChI=1S/C12H15N5OS/c1-8-6-9(2)15-11(14-8)16-17-12(19)13-7-10-4-3-5-18-10/h3-6H,7H2,1-2H3,(H2,13,17,19)(H,14,15,16). The summed E-state index contributed by atoms with van der Waals surface area (Å²) in [6, 6.07) is 5.60. The van der Waals surface area contributed by atoms with Gasteiger partial charge >= 0.3 is 0 Å². The first-order valence-electron chi connectivity index (χ1n) is 5.78. The topological polar surface area (TPSA) is 75.0 Å². The molecule has 0 atom stereocenters. The highest BCUT2D eigenvalue weighted by atomic mass is 32.1. The van der Waals surface area contributed by atoms with E-state index in [4.69, 9.17) is 16.6 Å². The van der Waals surface area contributed by atoms with Gasteiger partial charge in [-0.05, 0) is 44.3 Å². The second kappa shape index (κ2) is 6.14. The van der Waals surface area contributed by atoms with Gasteiger partial charge in [-0.25, -0.2) is 9.97 Å². The molecule has 0 aliphatic heterocycles. The zero-order valence-corrected chi connectivity index (χ0v) is 11.5. The third-order valence-electron chi connectivity index (χ3n) is 2.27. The zero-order valence-electron chi connectivity index (χ0n) is 10.7. The van der Waals surface area contributed by atoms with Crippen LogP contribution < -0.4 is 16.2 Å². The number of hydrogen-bond acceptors (Lipinski definition) is 5. The summed E-state index contributed by atoms with van der Waals surface area (Å²) >= 11 is 5.11. The van der Waals surface area contributed by atoms with Gasteiger partial charge in [0.1, 0.15) is 5.76 Å². The highest BCUT2D eigenvalue weighted by molar-refractivity contribution is 7.80. The largest absolute Gasteiger partial charge is 0.467 e. The molecule has 2 aromatic heterocycles. The lowest BCUT2D eigenvalue weighted by atomic mass is 10.4. The van der Waals surface area contributed by atoms with Gasteiger partial charge in [0, 0.05) is 11.4 Å². The van der Waals surface area contributed by atoms with Gasteiger partial charge in [0.2, 0.25) is 5.95 Å². The van der Waals surface area contributed by atoms with Crippen molar-refractivity contribution in [2.45, 2.75) is 20.4 Å². The molecule has 100 valence electrons. The molecule has 0 aliphatic rings. The van der Waals surface area contributed by atoms with Crippen molar-refractivity contribution in [3.05, 3.63) is 41.6 Å². The average Bonchev–Trinajstić information content (AvgIpc) is 2.86. The van der Waals surface area contributed by atoms with Crippen LogP contribution in [-0.2, 0) is 6.54 Å². The van der Waals surface area contributed by atoms with E-state index in [9.17, 15) is 0 Å². The first kappa shape index (κ1) is 13.3. The van der Waals surface area contributed by atoms with Crippen LogP contribution in [0, 0.1) is 13.8 Å². The monoisotopic (exact) mass is 277 g/mol. The number of aryl methyl sites for hydroxylation is 2. The Morgan fingerprint density at radius 1 is 1.32 bits per heavy atom. The van der Waals surface area contributed by atoms with E-state index in [-0.39, 0.29) is 0 Å². The van der Waals surface area contributed by atoms with Gasteiger partial charge in [-0.1, -0.05) is 0 Å². The van der Waals surface area contributed by atoms with Crippen molar-refractivity contribution in [3.8, 4) is 0 Å². The average molecular weight is 277 g/mol. The predicted molar refractivity (Wildman–Crippen MR) is 76.4 cm³/mol. The van der Waals surface area contributed by atoms with Gasteiger partial charge in [0.25, 0.3) is 0 Å². The minimum Gasteiger partial charge on any atom is -0.467 e. The van der Waals surface area contributed by atoms with Crippen LogP contribution in [0.25, 0.3) is 0 Å². The molecule has 0 aliphatic carbocycles.